The summed E-state index contributed by atoms with van der Waals surface area (Å²) < 4.78 is 15.0. The molecule has 19 heavy (non-hydrogen) atoms. The Hall–Kier alpha value is -1.80. The van der Waals surface area contributed by atoms with E-state index >= 15 is 0 Å². The average molecular weight is 328 g/mol. The molecule has 0 bridgehead atoms. The van der Waals surface area contributed by atoms with Crippen molar-refractivity contribution in [2.75, 3.05) is 5.32 Å². The molecule has 0 radical (unpaired) electrons. The van der Waals surface area contributed by atoms with Crippen molar-refractivity contribution in [3.8, 4) is 0 Å². The van der Waals surface area contributed by atoms with Gasteiger partial charge in [-0.1, -0.05) is 5.21 Å². The molecule has 0 aliphatic heterocycles. The summed E-state index contributed by atoms with van der Waals surface area (Å²) in [7, 11) is 0. The molecular weight excluding hydrogens is 317 g/mol. The summed E-state index contributed by atoms with van der Waals surface area (Å²) in [4.78, 5) is 11.7. The van der Waals surface area contributed by atoms with E-state index in [4.69, 9.17) is 5.73 Å². The normalized spacial score (nSPS) is 10.5. The first-order valence-corrected chi connectivity index (χ1v) is 6.22. The number of nitrogens with two attached hydrogens (primary N) is 1. The fraction of sp³-hybridized carbons (Fsp3) is 0.182. The Balaban J connectivity index is 1.98. The van der Waals surface area contributed by atoms with Crippen LogP contribution in [0.1, 0.15) is 5.69 Å². The maximum Gasteiger partial charge on any atom is 0.246 e. The van der Waals surface area contributed by atoms with Gasteiger partial charge in [0, 0.05) is 12.2 Å². The maximum atomic E-state index is 13.3. The van der Waals surface area contributed by atoms with Gasteiger partial charge >= 0.3 is 0 Å². The zero-order chi connectivity index (χ0) is 13.8. The third kappa shape index (κ3) is 3.58. The number of carbonyl (C=O) groups is 1. The van der Waals surface area contributed by atoms with Crippen molar-refractivity contribution in [2.24, 2.45) is 5.73 Å². The van der Waals surface area contributed by atoms with Gasteiger partial charge in [-0.15, -0.1) is 5.10 Å². The molecule has 6 nitrogen and oxygen atoms in total. The van der Waals surface area contributed by atoms with Crippen LogP contribution in [0.15, 0.2) is 28.9 Å². The summed E-state index contributed by atoms with van der Waals surface area (Å²) in [5, 5.41) is 10.1. The number of hydrogen-bond acceptors (Lipinski definition) is 4. The smallest absolute Gasteiger partial charge is 0.246 e. The van der Waals surface area contributed by atoms with Crippen molar-refractivity contribution in [3.63, 3.8) is 0 Å². The Morgan fingerprint density at radius 2 is 2.32 bits per heavy atom. The van der Waals surface area contributed by atoms with Crippen molar-refractivity contribution in [1.29, 1.82) is 0 Å². The average Bonchev–Trinajstić information content (AvgIpc) is 2.81. The van der Waals surface area contributed by atoms with Gasteiger partial charge in [0.15, 0.2) is 0 Å². The molecule has 1 aromatic heterocycles. The molecule has 3 N–H and O–H groups in total. The molecule has 0 aliphatic rings. The molecular formula is C11H11BrFN5O. The topological polar surface area (TPSA) is 85.8 Å². The van der Waals surface area contributed by atoms with Gasteiger partial charge in [0.1, 0.15) is 12.4 Å². The van der Waals surface area contributed by atoms with Gasteiger partial charge in [-0.25, -0.2) is 9.07 Å². The molecule has 8 heteroatoms. The second kappa shape index (κ2) is 5.89. The standard InChI is InChI=1S/C11H11BrFN5O/c12-9-2-1-7(3-10(9)13)15-11(19)6-18-5-8(4-14)16-17-18/h1-3,5H,4,6,14H2,(H,15,19). The Morgan fingerprint density at radius 3 is 2.95 bits per heavy atom. The van der Waals surface area contributed by atoms with Crippen LogP contribution in [-0.2, 0) is 17.9 Å². The third-order valence-corrected chi connectivity index (χ3v) is 2.95. The van der Waals surface area contributed by atoms with Crippen LogP contribution in [0.3, 0.4) is 0 Å². The van der Waals surface area contributed by atoms with Crippen molar-refractivity contribution in [3.05, 3.63) is 40.4 Å². The number of hydrogen-bond donors (Lipinski definition) is 2. The first-order chi connectivity index (χ1) is 9.08. The lowest BCUT2D eigenvalue weighted by atomic mass is 10.3. The van der Waals surface area contributed by atoms with E-state index in [0.29, 0.717) is 15.9 Å². The Bertz CT molecular complexity index is 601. The van der Waals surface area contributed by atoms with Gasteiger partial charge in [0.05, 0.1) is 16.4 Å². The van der Waals surface area contributed by atoms with Crippen molar-refractivity contribution in [2.45, 2.75) is 13.1 Å². The minimum atomic E-state index is -0.441. The molecule has 0 spiro atoms. The lowest BCUT2D eigenvalue weighted by Gasteiger charge is -2.05. The van der Waals surface area contributed by atoms with Gasteiger partial charge in [0.2, 0.25) is 5.91 Å². The SMILES string of the molecule is NCc1cn(CC(=O)Nc2ccc(Br)c(F)c2)nn1. The number of aromatic nitrogens is 3. The molecule has 1 heterocycles. The van der Waals surface area contributed by atoms with E-state index in [1.54, 1.807) is 12.3 Å². The van der Waals surface area contributed by atoms with E-state index in [-0.39, 0.29) is 19.0 Å². The van der Waals surface area contributed by atoms with Gasteiger partial charge in [-0.05, 0) is 34.1 Å². The summed E-state index contributed by atoms with van der Waals surface area (Å²) in [6, 6.07) is 4.35. The number of rotatable bonds is 4. The molecule has 0 saturated heterocycles. The molecule has 1 amide bonds. The van der Waals surface area contributed by atoms with Gasteiger partial charge < -0.3 is 11.1 Å². The van der Waals surface area contributed by atoms with Crippen LogP contribution < -0.4 is 11.1 Å². The predicted molar refractivity (Wildman–Crippen MR) is 70.6 cm³/mol. The van der Waals surface area contributed by atoms with Crippen molar-refractivity contribution < 1.29 is 9.18 Å². The van der Waals surface area contributed by atoms with E-state index < -0.39 is 5.82 Å². The van der Waals surface area contributed by atoms with Crippen LogP contribution in [0.4, 0.5) is 10.1 Å². The number of nitrogens with one attached hydrogen (secondary N) is 1. The molecule has 1 aromatic carbocycles. The van der Waals surface area contributed by atoms with E-state index in [9.17, 15) is 9.18 Å². The molecule has 0 atom stereocenters. The zero-order valence-corrected chi connectivity index (χ0v) is 11.4. The van der Waals surface area contributed by atoms with Crippen LogP contribution in [-0.4, -0.2) is 20.9 Å². The number of carbonyl (C=O) groups excluding carboxylic acids is 1. The summed E-state index contributed by atoms with van der Waals surface area (Å²) in [5.41, 5.74) is 6.36. The van der Waals surface area contributed by atoms with Gasteiger partial charge in [-0.2, -0.15) is 0 Å². The van der Waals surface area contributed by atoms with Gasteiger partial charge in [0.25, 0.3) is 0 Å². The largest absolute Gasteiger partial charge is 0.325 e. The Kier molecular flexibility index (Phi) is 4.23. The molecule has 0 saturated carbocycles. The Morgan fingerprint density at radius 1 is 1.53 bits per heavy atom. The number of nitrogens with zero attached hydrogens (tertiary/aromatic N) is 3. The first kappa shape index (κ1) is 13.6. The maximum absolute atomic E-state index is 13.3. The van der Waals surface area contributed by atoms with E-state index in [2.05, 4.69) is 31.6 Å². The zero-order valence-electron chi connectivity index (χ0n) is 9.81. The summed E-state index contributed by atoms with van der Waals surface area (Å²) in [6.07, 6.45) is 1.59. The molecule has 2 aromatic rings. The highest BCUT2D eigenvalue weighted by atomic mass is 79.9. The van der Waals surface area contributed by atoms with Crippen molar-refractivity contribution in [1.82, 2.24) is 15.0 Å². The summed E-state index contributed by atoms with van der Waals surface area (Å²) in [6.45, 7) is 0.254. The van der Waals surface area contributed by atoms with E-state index in [0.717, 1.165) is 0 Å². The fourth-order valence-corrected chi connectivity index (χ4v) is 1.68. The number of benzene rings is 1. The first-order valence-electron chi connectivity index (χ1n) is 5.42. The third-order valence-electron chi connectivity index (χ3n) is 2.30. The van der Waals surface area contributed by atoms with Crippen LogP contribution >= 0.6 is 15.9 Å². The summed E-state index contributed by atoms with van der Waals surface area (Å²) >= 11 is 3.04. The molecule has 100 valence electrons. The highest BCUT2D eigenvalue weighted by Crippen LogP contribution is 2.19. The minimum Gasteiger partial charge on any atom is -0.325 e. The number of anilines is 1. The van der Waals surface area contributed by atoms with Crippen LogP contribution in [0.5, 0.6) is 0 Å². The highest BCUT2D eigenvalue weighted by molar-refractivity contribution is 9.10. The van der Waals surface area contributed by atoms with Crippen LogP contribution in [0, 0.1) is 5.82 Å². The monoisotopic (exact) mass is 327 g/mol. The summed E-state index contributed by atoms with van der Waals surface area (Å²) in [5.74, 6) is -0.765. The lowest BCUT2D eigenvalue weighted by Crippen LogP contribution is -2.19. The van der Waals surface area contributed by atoms with E-state index in [1.165, 1.54) is 16.8 Å². The second-order valence-corrected chi connectivity index (χ2v) is 4.64. The Labute approximate surface area is 116 Å². The molecule has 0 unspecified atom stereocenters. The molecule has 0 aliphatic carbocycles. The van der Waals surface area contributed by atoms with E-state index in [1.807, 2.05) is 0 Å². The predicted octanol–water partition coefficient (Wildman–Crippen LogP) is 1.28. The van der Waals surface area contributed by atoms with Crippen LogP contribution in [0.2, 0.25) is 0 Å². The molecule has 2 rings (SSSR count). The molecule has 0 fully saturated rings. The lowest BCUT2D eigenvalue weighted by molar-refractivity contribution is -0.116. The minimum absolute atomic E-state index is 0.00924. The van der Waals surface area contributed by atoms with Crippen molar-refractivity contribution >= 4 is 27.5 Å². The highest BCUT2D eigenvalue weighted by Gasteiger charge is 2.07. The number of amides is 1. The fourth-order valence-electron chi connectivity index (χ4n) is 1.43. The number of halogens is 2. The quantitative estimate of drug-likeness (QED) is 0.885. The second-order valence-electron chi connectivity index (χ2n) is 3.79. The van der Waals surface area contributed by atoms with Gasteiger partial charge in [-0.3, -0.25) is 4.79 Å². The van der Waals surface area contributed by atoms with Crippen LogP contribution in [0.25, 0.3) is 0 Å².